The van der Waals surface area contributed by atoms with E-state index in [2.05, 4.69) is 43.5 Å². The Kier molecular flexibility index (Phi) is 4.41. The van der Waals surface area contributed by atoms with Gasteiger partial charge in [0.1, 0.15) is 5.82 Å². The second-order valence-electron chi connectivity index (χ2n) is 4.60. The van der Waals surface area contributed by atoms with E-state index in [9.17, 15) is 0 Å². The van der Waals surface area contributed by atoms with Gasteiger partial charge in [0.2, 0.25) is 0 Å². The summed E-state index contributed by atoms with van der Waals surface area (Å²) in [5.74, 6) is 2.03. The Balaban J connectivity index is 1.74. The fourth-order valence-corrected chi connectivity index (χ4v) is 3.04. The summed E-state index contributed by atoms with van der Waals surface area (Å²) in [7, 11) is 0. The van der Waals surface area contributed by atoms with Crippen LogP contribution in [0.1, 0.15) is 18.7 Å². The molecule has 0 saturated carbocycles. The molecule has 0 spiro atoms. The topological polar surface area (TPSA) is 21.1 Å². The Hall–Kier alpha value is -0.350. The van der Waals surface area contributed by atoms with Crippen LogP contribution in [0.15, 0.2) is 12.4 Å². The first-order valence-corrected chi connectivity index (χ1v) is 7.18. The van der Waals surface area contributed by atoms with Crippen LogP contribution < -0.4 is 0 Å². The maximum Gasteiger partial charge on any atom is 0.105 e. The molecule has 2 rings (SSSR count). The van der Waals surface area contributed by atoms with E-state index >= 15 is 0 Å². The van der Waals surface area contributed by atoms with Gasteiger partial charge in [-0.25, -0.2) is 4.98 Å². The standard InChI is InChI=1S/C12H20BrN3/c1-11-14-5-7-16(11)9-8-15-6-3-12(10-15)2-4-13/h5,7,12H,2-4,6,8-10H2,1H3. The molecule has 1 aliphatic rings. The molecule has 1 unspecified atom stereocenters. The van der Waals surface area contributed by atoms with Gasteiger partial charge in [-0.2, -0.15) is 0 Å². The van der Waals surface area contributed by atoms with Gasteiger partial charge < -0.3 is 9.47 Å². The molecular weight excluding hydrogens is 266 g/mol. The third kappa shape index (κ3) is 3.08. The van der Waals surface area contributed by atoms with E-state index in [0.717, 1.165) is 30.2 Å². The van der Waals surface area contributed by atoms with Crippen LogP contribution in [0.2, 0.25) is 0 Å². The zero-order chi connectivity index (χ0) is 11.4. The molecule has 1 aromatic rings. The third-order valence-corrected chi connectivity index (χ3v) is 3.93. The summed E-state index contributed by atoms with van der Waals surface area (Å²) in [5, 5.41) is 1.14. The van der Waals surface area contributed by atoms with Crippen molar-refractivity contribution >= 4 is 15.9 Å². The second-order valence-corrected chi connectivity index (χ2v) is 5.39. The molecule has 1 fully saturated rings. The summed E-state index contributed by atoms with van der Waals surface area (Å²) in [5.41, 5.74) is 0. The summed E-state index contributed by atoms with van der Waals surface area (Å²) in [4.78, 5) is 6.82. The minimum absolute atomic E-state index is 0.906. The fraction of sp³-hybridized carbons (Fsp3) is 0.750. The maximum absolute atomic E-state index is 4.24. The third-order valence-electron chi connectivity index (χ3n) is 3.47. The van der Waals surface area contributed by atoms with Gasteiger partial charge >= 0.3 is 0 Å². The molecule has 0 bridgehead atoms. The van der Waals surface area contributed by atoms with Gasteiger partial charge in [0.05, 0.1) is 0 Å². The van der Waals surface area contributed by atoms with Crippen LogP contribution in [0.4, 0.5) is 0 Å². The van der Waals surface area contributed by atoms with E-state index in [1.54, 1.807) is 0 Å². The van der Waals surface area contributed by atoms with Crippen molar-refractivity contribution in [2.75, 3.05) is 25.0 Å². The minimum atomic E-state index is 0.906. The number of aryl methyl sites for hydroxylation is 1. The summed E-state index contributed by atoms with van der Waals surface area (Å²) in [6.07, 6.45) is 6.64. The van der Waals surface area contributed by atoms with E-state index in [1.807, 2.05) is 6.20 Å². The first kappa shape index (κ1) is 12.1. The Bertz CT molecular complexity index is 324. The number of hydrogen-bond acceptors (Lipinski definition) is 2. The van der Waals surface area contributed by atoms with Crippen LogP contribution in [0.5, 0.6) is 0 Å². The summed E-state index contributed by atoms with van der Waals surface area (Å²) in [6.45, 7) is 6.85. The highest BCUT2D eigenvalue weighted by molar-refractivity contribution is 9.09. The largest absolute Gasteiger partial charge is 0.334 e. The predicted octanol–water partition coefficient (Wildman–Crippen LogP) is 2.30. The lowest BCUT2D eigenvalue weighted by molar-refractivity contribution is 0.307. The number of halogens is 1. The predicted molar refractivity (Wildman–Crippen MR) is 69.9 cm³/mol. The molecule has 3 nitrogen and oxygen atoms in total. The Morgan fingerprint density at radius 3 is 3.06 bits per heavy atom. The summed E-state index contributed by atoms with van der Waals surface area (Å²) in [6, 6.07) is 0. The molecule has 0 aliphatic carbocycles. The number of likely N-dealkylation sites (tertiary alicyclic amines) is 1. The molecule has 1 aromatic heterocycles. The van der Waals surface area contributed by atoms with E-state index in [-0.39, 0.29) is 0 Å². The highest BCUT2D eigenvalue weighted by atomic mass is 79.9. The Morgan fingerprint density at radius 2 is 2.38 bits per heavy atom. The van der Waals surface area contributed by atoms with Gasteiger partial charge in [-0.1, -0.05) is 15.9 Å². The highest BCUT2D eigenvalue weighted by Gasteiger charge is 2.21. The SMILES string of the molecule is Cc1nccn1CCN1CCC(CCBr)C1. The van der Waals surface area contributed by atoms with Crippen LogP contribution in [0.3, 0.4) is 0 Å². The van der Waals surface area contributed by atoms with Gasteiger partial charge in [0.15, 0.2) is 0 Å². The minimum Gasteiger partial charge on any atom is -0.334 e. The lowest BCUT2D eigenvalue weighted by Gasteiger charge is -2.16. The lowest BCUT2D eigenvalue weighted by Crippen LogP contribution is -2.25. The quantitative estimate of drug-likeness (QED) is 0.774. The van der Waals surface area contributed by atoms with Gasteiger partial charge in [0.25, 0.3) is 0 Å². The molecule has 0 radical (unpaired) electrons. The molecule has 4 heteroatoms. The Labute approximate surface area is 106 Å². The number of alkyl halides is 1. The van der Waals surface area contributed by atoms with E-state index < -0.39 is 0 Å². The van der Waals surface area contributed by atoms with Gasteiger partial charge in [-0.05, 0) is 32.2 Å². The zero-order valence-corrected chi connectivity index (χ0v) is 11.5. The smallest absolute Gasteiger partial charge is 0.105 e. The van der Waals surface area contributed by atoms with Crippen molar-refractivity contribution in [1.82, 2.24) is 14.5 Å². The average Bonchev–Trinajstić information content (AvgIpc) is 2.86. The van der Waals surface area contributed by atoms with Gasteiger partial charge in [-0.3, -0.25) is 0 Å². The van der Waals surface area contributed by atoms with Crippen molar-refractivity contribution in [2.45, 2.75) is 26.3 Å². The van der Waals surface area contributed by atoms with Crippen LogP contribution in [0, 0.1) is 12.8 Å². The fourth-order valence-electron chi connectivity index (χ4n) is 2.40. The van der Waals surface area contributed by atoms with Crippen LogP contribution in [-0.4, -0.2) is 39.4 Å². The van der Waals surface area contributed by atoms with E-state index in [0.29, 0.717) is 0 Å². The van der Waals surface area contributed by atoms with Gasteiger partial charge in [-0.15, -0.1) is 0 Å². The van der Waals surface area contributed by atoms with E-state index in [1.165, 1.54) is 25.9 Å². The molecular formula is C12H20BrN3. The molecule has 90 valence electrons. The number of imidazole rings is 1. The van der Waals surface area contributed by atoms with E-state index in [4.69, 9.17) is 0 Å². The molecule has 1 atom stereocenters. The van der Waals surface area contributed by atoms with Crippen LogP contribution in [0.25, 0.3) is 0 Å². The molecule has 2 heterocycles. The van der Waals surface area contributed by atoms with Crippen molar-refractivity contribution < 1.29 is 0 Å². The molecule has 1 aliphatic heterocycles. The summed E-state index contributed by atoms with van der Waals surface area (Å²) >= 11 is 3.53. The Morgan fingerprint density at radius 1 is 1.50 bits per heavy atom. The molecule has 16 heavy (non-hydrogen) atoms. The van der Waals surface area contributed by atoms with Crippen molar-refractivity contribution in [2.24, 2.45) is 5.92 Å². The first-order valence-electron chi connectivity index (χ1n) is 6.05. The van der Waals surface area contributed by atoms with Gasteiger partial charge in [0, 0.05) is 37.4 Å². The molecule has 0 amide bonds. The molecule has 0 aromatic carbocycles. The van der Waals surface area contributed by atoms with Crippen LogP contribution >= 0.6 is 15.9 Å². The van der Waals surface area contributed by atoms with Crippen molar-refractivity contribution in [1.29, 1.82) is 0 Å². The first-order chi connectivity index (χ1) is 7.79. The lowest BCUT2D eigenvalue weighted by atomic mass is 10.1. The highest BCUT2D eigenvalue weighted by Crippen LogP contribution is 2.20. The average molecular weight is 286 g/mol. The maximum atomic E-state index is 4.24. The number of aromatic nitrogens is 2. The van der Waals surface area contributed by atoms with Crippen molar-refractivity contribution in [3.05, 3.63) is 18.2 Å². The number of nitrogens with zero attached hydrogens (tertiary/aromatic N) is 3. The molecule has 1 saturated heterocycles. The number of rotatable bonds is 5. The normalized spacial score (nSPS) is 21.8. The summed E-state index contributed by atoms with van der Waals surface area (Å²) < 4.78 is 2.23. The molecule has 0 N–H and O–H groups in total. The van der Waals surface area contributed by atoms with Crippen molar-refractivity contribution in [3.63, 3.8) is 0 Å². The van der Waals surface area contributed by atoms with Crippen LogP contribution in [-0.2, 0) is 6.54 Å². The second kappa shape index (κ2) is 5.82. The number of hydrogen-bond donors (Lipinski definition) is 0. The zero-order valence-electron chi connectivity index (χ0n) is 9.90. The monoisotopic (exact) mass is 285 g/mol. The van der Waals surface area contributed by atoms with Crippen molar-refractivity contribution in [3.8, 4) is 0 Å².